The summed E-state index contributed by atoms with van der Waals surface area (Å²) in [5.74, 6) is 0.539. The third-order valence-corrected chi connectivity index (χ3v) is 3.92. The lowest BCUT2D eigenvalue weighted by Gasteiger charge is -2.26. The number of hydrogen-bond donors (Lipinski definition) is 1. The van der Waals surface area contributed by atoms with E-state index in [4.69, 9.17) is 9.47 Å². The van der Waals surface area contributed by atoms with Gasteiger partial charge in [0.1, 0.15) is 11.6 Å². The summed E-state index contributed by atoms with van der Waals surface area (Å²) >= 11 is 0. The second-order valence-corrected chi connectivity index (χ2v) is 6.09. The van der Waals surface area contributed by atoms with E-state index >= 15 is 0 Å². The monoisotopic (exact) mass is 359 g/mol. The summed E-state index contributed by atoms with van der Waals surface area (Å²) in [6.45, 7) is 5.83. The Balaban J connectivity index is 2.09. The predicted octanol–water partition coefficient (Wildman–Crippen LogP) is 3.40. The molecule has 26 heavy (non-hydrogen) atoms. The second kappa shape index (κ2) is 10.7. The summed E-state index contributed by atoms with van der Waals surface area (Å²) in [6.07, 6.45) is 1.02. The van der Waals surface area contributed by atoms with Crippen LogP contribution in [-0.2, 0) is 17.8 Å². The average molecular weight is 359 g/mol. The number of methoxy groups -OCH3 is 1. The number of nitrogens with zero attached hydrogens (tertiary/aromatic N) is 1. The second-order valence-electron chi connectivity index (χ2n) is 6.09. The van der Waals surface area contributed by atoms with E-state index in [1.165, 1.54) is 12.1 Å². The van der Waals surface area contributed by atoms with Gasteiger partial charge in [-0.2, -0.15) is 0 Å². The van der Waals surface area contributed by atoms with Gasteiger partial charge in [0.05, 0.1) is 26.4 Å². The molecule has 1 N–H and O–H groups in total. The van der Waals surface area contributed by atoms with E-state index in [1.807, 2.05) is 24.3 Å². The van der Waals surface area contributed by atoms with Crippen molar-refractivity contribution < 1.29 is 19.0 Å². The van der Waals surface area contributed by atoms with Crippen molar-refractivity contribution in [3.8, 4) is 5.75 Å². The third kappa shape index (κ3) is 6.59. The first-order valence-electron chi connectivity index (χ1n) is 8.57. The Labute approximate surface area is 154 Å². The van der Waals surface area contributed by atoms with Crippen LogP contribution in [0.1, 0.15) is 11.1 Å². The van der Waals surface area contributed by atoms with Crippen LogP contribution in [0.25, 0.3) is 0 Å². The lowest BCUT2D eigenvalue weighted by Crippen LogP contribution is -2.34. The third-order valence-electron chi connectivity index (χ3n) is 3.92. The number of para-hydroxylation sites is 1. The van der Waals surface area contributed by atoms with Crippen molar-refractivity contribution in [3.63, 3.8) is 0 Å². The van der Waals surface area contributed by atoms with E-state index in [9.17, 15) is 9.50 Å². The molecule has 0 saturated carbocycles. The molecule has 2 rings (SSSR count). The molecule has 0 saturated heterocycles. The van der Waals surface area contributed by atoms with Crippen molar-refractivity contribution in [3.05, 3.63) is 78.1 Å². The minimum atomic E-state index is -0.634. The summed E-state index contributed by atoms with van der Waals surface area (Å²) in [5, 5.41) is 10.3. The molecule has 2 aromatic rings. The highest BCUT2D eigenvalue weighted by atomic mass is 19.1. The van der Waals surface area contributed by atoms with Crippen molar-refractivity contribution in [1.29, 1.82) is 0 Å². The molecule has 0 fully saturated rings. The van der Waals surface area contributed by atoms with Crippen molar-refractivity contribution >= 4 is 0 Å². The molecule has 0 aliphatic rings. The number of aliphatic hydroxyl groups is 1. The largest absolute Gasteiger partial charge is 0.496 e. The van der Waals surface area contributed by atoms with Gasteiger partial charge in [-0.15, -0.1) is 6.58 Å². The number of ether oxygens (including phenoxy) is 2. The Morgan fingerprint density at radius 3 is 2.58 bits per heavy atom. The molecule has 0 unspecified atom stereocenters. The molecule has 140 valence electrons. The summed E-state index contributed by atoms with van der Waals surface area (Å²) in [5.41, 5.74) is 2.00. The Bertz CT molecular complexity index is 675. The number of halogens is 1. The summed E-state index contributed by atoms with van der Waals surface area (Å²) in [7, 11) is 1.64. The van der Waals surface area contributed by atoms with Crippen molar-refractivity contribution in [2.75, 3.05) is 26.9 Å². The van der Waals surface area contributed by atoms with Crippen molar-refractivity contribution in [2.24, 2.45) is 0 Å². The van der Waals surface area contributed by atoms with Gasteiger partial charge in [0.15, 0.2) is 0 Å². The van der Waals surface area contributed by atoms with Gasteiger partial charge in [0.25, 0.3) is 0 Å². The Kier molecular flexibility index (Phi) is 8.28. The maximum absolute atomic E-state index is 13.2. The highest BCUT2D eigenvalue weighted by Crippen LogP contribution is 2.20. The Morgan fingerprint density at radius 1 is 1.15 bits per heavy atom. The van der Waals surface area contributed by atoms with E-state index in [0.29, 0.717) is 26.2 Å². The summed E-state index contributed by atoms with van der Waals surface area (Å²) in [6, 6.07) is 14.2. The number of benzene rings is 2. The Hall–Kier alpha value is -2.21. The van der Waals surface area contributed by atoms with E-state index in [1.54, 1.807) is 25.3 Å². The van der Waals surface area contributed by atoms with Gasteiger partial charge in [0.2, 0.25) is 0 Å². The van der Waals surface area contributed by atoms with Crippen LogP contribution in [0, 0.1) is 5.82 Å². The standard InChI is InChI=1S/C21H26FNO3/c1-3-12-26-16-20(24)15-23(13-17-8-10-19(22)11-9-17)14-18-6-4-5-7-21(18)25-2/h3-11,20,24H,1,12-16H2,2H3/t20-/m1/s1. The molecule has 4 nitrogen and oxygen atoms in total. The molecular formula is C21H26FNO3. The highest BCUT2D eigenvalue weighted by Gasteiger charge is 2.15. The van der Waals surface area contributed by atoms with Gasteiger partial charge in [0, 0.05) is 25.2 Å². The molecule has 0 aliphatic heterocycles. The van der Waals surface area contributed by atoms with Gasteiger partial charge < -0.3 is 14.6 Å². The molecular weight excluding hydrogens is 333 g/mol. The molecule has 1 atom stereocenters. The quantitative estimate of drug-likeness (QED) is 0.493. The van der Waals surface area contributed by atoms with Crippen LogP contribution in [0.4, 0.5) is 4.39 Å². The maximum Gasteiger partial charge on any atom is 0.123 e. The number of hydrogen-bond acceptors (Lipinski definition) is 4. The predicted molar refractivity (Wildman–Crippen MR) is 101 cm³/mol. The van der Waals surface area contributed by atoms with Gasteiger partial charge in [-0.05, 0) is 23.8 Å². The first-order valence-corrected chi connectivity index (χ1v) is 8.57. The fourth-order valence-electron chi connectivity index (χ4n) is 2.75. The zero-order valence-electron chi connectivity index (χ0n) is 15.1. The van der Waals surface area contributed by atoms with Crippen LogP contribution < -0.4 is 4.74 Å². The normalized spacial score (nSPS) is 12.2. The minimum Gasteiger partial charge on any atom is -0.496 e. The van der Waals surface area contributed by atoms with E-state index in [2.05, 4.69) is 11.5 Å². The van der Waals surface area contributed by atoms with Gasteiger partial charge >= 0.3 is 0 Å². The molecule has 0 aliphatic carbocycles. The van der Waals surface area contributed by atoms with Crippen LogP contribution in [-0.4, -0.2) is 43.0 Å². The van der Waals surface area contributed by atoms with Crippen LogP contribution in [0.3, 0.4) is 0 Å². The topological polar surface area (TPSA) is 41.9 Å². The number of rotatable bonds is 11. The fraction of sp³-hybridized carbons (Fsp3) is 0.333. The van der Waals surface area contributed by atoms with E-state index < -0.39 is 6.10 Å². The molecule has 0 aromatic heterocycles. The average Bonchev–Trinajstić information content (AvgIpc) is 2.64. The summed E-state index contributed by atoms with van der Waals surface area (Å²) < 4.78 is 23.9. The van der Waals surface area contributed by atoms with Crippen LogP contribution in [0.5, 0.6) is 5.75 Å². The van der Waals surface area contributed by atoms with Gasteiger partial charge in [-0.25, -0.2) is 4.39 Å². The molecule has 0 amide bonds. The fourth-order valence-corrected chi connectivity index (χ4v) is 2.75. The van der Waals surface area contributed by atoms with Gasteiger partial charge in [-0.3, -0.25) is 4.90 Å². The van der Waals surface area contributed by atoms with Crippen LogP contribution >= 0.6 is 0 Å². The lowest BCUT2D eigenvalue weighted by atomic mass is 10.1. The first kappa shape index (κ1) is 20.1. The SMILES string of the molecule is C=CCOC[C@H](O)CN(Cc1ccc(F)cc1)Cc1ccccc1OC. The zero-order valence-corrected chi connectivity index (χ0v) is 15.1. The molecule has 0 radical (unpaired) electrons. The van der Waals surface area contributed by atoms with Gasteiger partial charge in [-0.1, -0.05) is 36.4 Å². The minimum absolute atomic E-state index is 0.234. The smallest absolute Gasteiger partial charge is 0.123 e. The molecule has 2 aromatic carbocycles. The van der Waals surface area contributed by atoms with Crippen molar-refractivity contribution in [2.45, 2.75) is 19.2 Å². The summed E-state index contributed by atoms with van der Waals surface area (Å²) in [4.78, 5) is 2.09. The van der Waals surface area contributed by atoms with E-state index in [-0.39, 0.29) is 12.4 Å². The van der Waals surface area contributed by atoms with Crippen LogP contribution in [0.2, 0.25) is 0 Å². The molecule has 0 bridgehead atoms. The lowest BCUT2D eigenvalue weighted by molar-refractivity contribution is 0.0227. The molecule has 0 spiro atoms. The zero-order chi connectivity index (χ0) is 18.8. The van der Waals surface area contributed by atoms with Crippen LogP contribution in [0.15, 0.2) is 61.2 Å². The van der Waals surface area contributed by atoms with E-state index in [0.717, 1.165) is 16.9 Å². The maximum atomic E-state index is 13.2. The first-order chi connectivity index (χ1) is 12.6. The molecule has 0 heterocycles. The number of aliphatic hydroxyl groups excluding tert-OH is 1. The van der Waals surface area contributed by atoms with Crippen molar-refractivity contribution in [1.82, 2.24) is 4.90 Å². The molecule has 5 heteroatoms. The Morgan fingerprint density at radius 2 is 1.88 bits per heavy atom. The highest BCUT2D eigenvalue weighted by molar-refractivity contribution is 5.33.